The zero-order valence-corrected chi connectivity index (χ0v) is 32.5. The molecule has 2 amide bonds. The number of ether oxygens (including phenoxy) is 1. The SMILES string of the molecule is COC(=O)N[C@H](C(=O)N1CCC[C@H]1c1ncc(-c2ccc(-c3ccc(-c4ccc(OS(=O)(=O)C(F)(F)F)c5c4C4CCC5C4)c4c3C3C=CC4C3)cc2)[nH]1)C(C)C. The van der Waals surface area contributed by atoms with Gasteiger partial charge < -0.3 is 24.1 Å². The van der Waals surface area contributed by atoms with Crippen molar-refractivity contribution in [3.05, 3.63) is 95.0 Å². The molecule has 9 rings (SSSR count). The molecule has 1 saturated heterocycles. The first-order valence-electron chi connectivity index (χ1n) is 19.6. The van der Waals surface area contributed by atoms with Crippen molar-refractivity contribution >= 4 is 22.1 Å². The molecule has 14 heteroatoms. The van der Waals surface area contributed by atoms with Crippen LogP contribution in [0.25, 0.3) is 33.5 Å². The molecule has 10 nitrogen and oxygen atoms in total. The average Bonchev–Trinajstić information content (AvgIpc) is 4.05. The number of rotatable bonds is 9. The number of halogens is 3. The zero-order valence-electron chi connectivity index (χ0n) is 31.7. The highest BCUT2D eigenvalue weighted by Crippen LogP contribution is 2.61. The van der Waals surface area contributed by atoms with E-state index in [9.17, 15) is 31.2 Å². The van der Waals surface area contributed by atoms with E-state index < -0.39 is 27.8 Å². The monoisotopic (exact) mass is 800 g/mol. The predicted octanol–water partition coefficient (Wildman–Crippen LogP) is 9.19. The number of alkyl halides is 3. The van der Waals surface area contributed by atoms with E-state index in [1.165, 1.54) is 24.3 Å². The van der Waals surface area contributed by atoms with Gasteiger partial charge in [-0.2, -0.15) is 21.6 Å². The Labute approximate surface area is 329 Å². The number of benzene rings is 3. The van der Waals surface area contributed by atoms with Crippen molar-refractivity contribution in [3.63, 3.8) is 0 Å². The van der Waals surface area contributed by atoms with Gasteiger partial charge in [-0.05, 0) is 107 Å². The molecule has 4 aromatic rings. The van der Waals surface area contributed by atoms with Crippen LogP contribution in [-0.4, -0.2) is 60.5 Å². The molecule has 2 N–H and O–H groups in total. The average molecular weight is 801 g/mol. The number of carbonyl (C=O) groups is 2. The van der Waals surface area contributed by atoms with E-state index in [-0.39, 0.29) is 47.3 Å². The smallest absolute Gasteiger partial charge is 0.453 e. The fourth-order valence-corrected chi connectivity index (χ4v) is 10.7. The summed E-state index contributed by atoms with van der Waals surface area (Å²) < 4.78 is 73.8. The molecule has 1 saturated carbocycles. The summed E-state index contributed by atoms with van der Waals surface area (Å²) in [5.74, 6) is 0.714. The van der Waals surface area contributed by atoms with Crippen LogP contribution >= 0.6 is 0 Å². The number of allylic oxidation sites excluding steroid dienone is 2. The lowest BCUT2D eigenvalue weighted by atomic mass is 9.80. The lowest BCUT2D eigenvalue weighted by Crippen LogP contribution is -2.51. The summed E-state index contributed by atoms with van der Waals surface area (Å²) in [5, 5.41) is 2.69. The summed E-state index contributed by atoms with van der Waals surface area (Å²) in [4.78, 5) is 35.6. The molecule has 3 aromatic carbocycles. The van der Waals surface area contributed by atoms with E-state index in [2.05, 4.69) is 58.9 Å². The zero-order chi connectivity index (χ0) is 40.0. The van der Waals surface area contributed by atoms with Crippen molar-refractivity contribution < 1.29 is 40.1 Å². The predicted molar refractivity (Wildman–Crippen MR) is 207 cm³/mol. The minimum atomic E-state index is -5.80. The number of aromatic nitrogens is 2. The Hall–Kier alpha value is -5.11. The van der Waals surface area contributed by atoms with Gasteiger partial charge in [0.05, 0.1) is 25.0 Å². The van der Waals surface area contributed by atoms with Crippen LogP contribution in [-0.2, 0) is 19.6 Å². The normalized spacial score (nSPS) is 23.6. The molecule has 0 radical (unpaired) electrons. The molecule has 4 unspecified atom stereocenters. The number of nitrogens with zero attached hydrogens (tertiary/aromatic N) is 2. The van der Waals surface area contributed by atoms with E-state index in [0.29, 0.717) is 17.9 Å². The summed E-state index contributed by atoms with van der Waals surface area (Å²) in [6.07, 6.45) is 10.6. The minimum absolute atomic E-state index is 0.0383. The summed E-state index contributed by atoms with van der Waals surface area (Å²) in [7, 11) is -4.53. The Morgan fingerprint density at radius 1 is 0.860 bits per heavy atom. The number of hydrogen-bond acceptors (Lipinski definition) is 7. The molecular formula is C43H43F3N4O6S. The van der Waals surface area contributed by atoms with Gasteiger partial charge in [0.25, 0.3) is 0 Å². The Morgan fingerprint density at radius 3 is 2.18 bits per heavy atom. The van der Waals surface area contributed by atoms with Gasteiger partial charge in [-0.25, -0.2) is 9.78 Å². The number of H-pyrrole nitrogens is 1. The largest absolute Gasteiger partial charge is 0.534 e. The summed E-state index contributed by atoms with van der Waals surface area (Å²) >= 11 is 0. The molecule has 6 atom stereocenters. The van der Waals surface area contributed by atoms with Gasteiger partial charge in [0.1, 0.15) is 17.6 Å². The molecule has 5 aliphatic rings. The molecular weight excluding hydrogens is 758 g/mol. The van der Waals surface area contributed by atoms with E-state index in [1.807, 2.05) is 13.8 Å². The minimum Gasteiger partial charge on any atom is -0.453 e. The number of aromatic amines is 1. The Kier molecular flexibility index (Phi) is 9.05. The molecule has 4 bridgehead atoms. The number of imidazole rings is 1. The molecule has 2 fully saturated rings. The maximum Gasteiger partial charge on any atom is 0.534 e. The molecule has 0 spiro atoms. The van der Waals surface area contributed by atoms with Crippen molar-refractivity contribution in [2.45, 2.75) is 93.6 Å². The molecule has 1 aliphatic heterocycles. The number of methoxy groups -OCH3 is 1. The highest BCUT2D eigenvalue weighted by Gasteiger charge is 2.50. The van der Waals surface area contributed by atoms with Gasteiger partial charge in [0.15, 0.2) is 0 Å². The number of amides is 2. The van der Waals surface area contributed by atoms with Crippen LogP contribution in [0.3, 0.4) is 0 Å². The second-order valence-electron chi connectivity index (χ2n) is 16.3. The van der Waals surface area contributed by atoms with Crippen LogP contribution in [0.15, 0.2) is 66.9 Å². The second kappa shape index (κ2) is 13.8. The molecule has 4 aliphatic carbocycles. The van der Waals surface area contributed by atoms with Crippen LogP contribution in [0.4, 0.5) is 18.0 Å². The highest BCUT2D eigenvalue weighted by atomic mass is 32.2. The van der Waals surface area contributed by atoms with Crippen LogP contribution in [0.2, 0.25) is 0 Å². The summed E-state index contributed by atoms with van der Waals surface area (Å²) in [6, 6.07) is 14.8. The van der Waals surface area contributed by atoms with E-state index in [0.717, 1.165) is 77.6 Å². The third-order valence-corrected chi connectivity index (χ3v) is 13.7. The van der Waals surface area contributed by atoms with Gasteiger partial charge in [-0.15, -0.1) is 0 Å². The van der Waals surface area contributed by atoms with Gasteiger partial charge in [0, 0.05) is 23.9 Å². The number of hydrogen-bond donors (Lipinski definition) is 2. The molecule has 2 heterocycles. The number of alkyl carbamates (subject to hydrolysis) is 1. The van der Waals surface area contributed by atoms with Crippen molar-refractivity contribution in [2.24, 2.45) is 5.92 Å². The Balaban J connectivity index is 1.01. The number of fused-ring (bicyclic) bond motifs is 10. The van der Waals surface area contributed by atoms with Crippen molar-refractivity contribution in [1.29, 1.82) is 0 Å². The maximum atomic E-state index is 13.6. The maximum absolute atomic E-state index is 13.6. The quantitative estimate of drug-likeness (QED) is 0.0981. The second-order valence-corrected chi connectivity index (χ2v) is 17.8. The van der Waals surface area contributed by atoms with E-state index >= 15 is 0 Å². The molecule has 1 aromatic heterocycles. The van der Waals surface area contributed by atoms with Crippen molar-refractivity contribution in [2.75, 3.05) is 13.7 Å². The Morgan fingerprint density at radius 2 is 1.49 bits per heavy atom. The van der Waals surface area contributed by atoms with E-state index in [4.69, 9.17) is 13.9 Å². The van der Waals surface area contributed by atoms with Crippen LogP contribution in [0.1, 0.15) is 110 Å². The van der Waals surface area contributed by atoms with Crippen LogP contribution in [0.5, 0.6) is 5.75 Å². The number of carbonyl (C=O) groups excluding carboxylic acids is 2. The molecule has 298 valence electrons. The first-order valence-corrected chi connectivity index (χ1v) is 21.0. The molecule has 57 heavy (non-hydrogen) atoms. The summed E-state index contributed by atoms with van der Waals surface area (Å²) in [6.45, 7) is 4.34. The summed E-state index contributed by atoms with van der Waals surface area (Å²) in [5.41, 5.74) is 4.42. The fourth-order valence-electron chi connectivity index (χ4n) is 10.2. The first-order chi connectivity index (χ1) is 27.2. The Bertz CT molecular complexity index is 2430. The topological polar surface area (TPSA) is 131 Å². The van der Waals surface area contributed by atoms with Crippen LogP contribution in [0, 0.1) is 5.92 Å². The third kappa shape index (κ3) is 6.22. The fraction of sp³-hybridized carbons (Fsp3) is 0.419. The van der Waals surface area contributed by atoms with Crippen molar-refractivity contribution in [3.8, 4) is 39.3 Å². The van der Waals surface area contributed by atoms with Gasteiger partial charge >= 0.3 is 21.7 Å². The lowest BCUT2D eigenvalue weighted by molar-refractivity contribution is -0.135. The van der Waals surface area contributed by atoms with Gasteiger partial charge in [-0.1, -0.05) is 68.5 Å². The highest BCUT2D eigenvalue weighted by molar-refractivity contribution is 7.88. The lowest BCUT2D eigenvalue weighted by Gasteiger charge is -2.30. The number of likely N-dealkylation sites (tertiary alicyclic amines) is 1. The van der Waals surface area contributed by atoms with Gasteiger partial charge in [0.2, 0.25) is 5.91 Å². The first kappa shape index (κ1) is 37.5. The van der Waals surface area contributed by atoms with E-state index in [1.54, 1.807) is 17.2 Å². The third-order valence-electron chi connectivity index (χ3n) is 12.7. The van der Waals surface area contributed by atoms with Crippen molar-refractivity contribution in [1.82, 2.24) is 20.2 Å². The standard InChI is InChI=1S/C43H43F3N4O6S/c1-22(2)39(49-42(52)55-3)41(51)50-18-4-5-33(50)40-47-21-32(48-40)24-8-6-23(7-9-24)29-14-15-30(36-26-11-10-25(19-26)35(29)36)31-16-17-34(56-57(53,54)43(44,45)46)38-28-13-12-27(20-28)37(31)38/h6-11,14-17,21-22,25-28,33,39H,4-5,12-13,18-20H2,1-3H3,(H,47,48)(H,49,52)/t25?,26?,27?,28?,33-,39-/m0/s1. The van der Waals surface area contributed by atoms with Crippen LogP contribution < -0.4 is 9.50 Å². The number of nitrogens with one attached hydrogen (secondary N) is 2. The van der Waals surface area contributed by atoms with Gasteiger partial charge in [-0.3, -0.25) is 4.79 Å².